The molecule has 1 aromatic rings. The van der Waals surface area contributed by atoms with E-state index < -0.39 is 23.4 Å². The Morgan fingerprint density at radius 2 is 2.04 bits per heavy atom. The van der Waals surface area contributed by atoms with Crippen LogP contribution >= 0.6 is 0 Å². The quantitative estimate of drug-likeness (QED) is 0.697. The number of amides is 1. The number of carbonyl (C=O) groups is 2. The molecular weight excluding hydrogens is 296 g/mol. The Morgan fingerprint density at radius 1 is 1.30 bits per heavy atom. The number of aromatic amines is 1. The first kappa shape index (κ1) is 17.2. The number of fused-ring (bicyclic) bond motifs is 1. The van der Waals surface area contributed by atoms with E-state index in [-0.39, 0.29) is 12.1 Å². The summed E-state index contributed by atoms with van der Waals surface area (Å²) in [5, 5.41) is 11.7. The number of H-pyrrole nitrogens is 1. The molecular formula is C17H24N2O4. The molecule has 1 heterocycles. The van der Waals surface area contributed by atoms with Gasteiger partial charge in [0, 0.05) is 12.2 Å². The molecule has 1 unspecified atom stereocenters. The van der Waals surface area contributed by atoms with Crippen molar-refractivity contribution in [3.05, 3.63) is 33.2 Å². The van der Waals surface area contributed by atoms with Crippen molar-refractivity contribution in [2.75, 3.05) is 6.54 Å². The van der Waals surface area contributed by atoms with E-state index in [9.17, 15) is 14.4 Å². The van der Waals surface area contributed by atoms with Crippen molar-refractivity contribution in [3.8, 4) is 0 Å². The maximum atomic E-state index is 12.2. The molecule has 0 aliphatic heterocycles. The maximum absolute atomic E-state index is 12.2. The standard InChI is InChI=1S/C17H24N2O4/c1-2-6-12(17(22)23)10-18-15(20)13-9-11-7-4-3-5-8-14(11)19-16(13)21/h9,12H,2-8,10H2,1H3,(H,18,20)(H,19,21)(H,22,23). The van der Waals surface area contributed by atoms with Crippen molar-refractivity contribution in [3.63, 3.8) is 0 Å². The van der Waals surface area contributed by atoms with E-state index in [1.54, 1.807) is 6.07 Å². The highest BCUT2D eigenvalue weighted by atomic mass is 16.4. The summed E-state index contributed by atoms with van der Waals surface area (Å²) in [6, 6.07) is 1.67. The Bertz CT molecular complexity index is 636. The van der Waals surface area contributed by atoms with Crippen molar-refractivity contribution < 1.29 is 14.7 Å². The average Bonchev–Trinajstić information content (AvgIpc) is 2.74. The van der Waals surface area contributed by atoms with E-state index in [1.165, 1.54) is 0 Å². The first-order valence-electron chi connectivity index (χ1n) is 8.29. The minimum atomic E-state index is -0.928. The van der Waals surface area contributed by atoms with Crippen LogP contribution < -0.4 is 10.9 Å². The lowest BCUT2D eigenvalue weighted by atomic mass is 10.0. The number of aryl methyl sites for hydroxylation is 2. The fourth-order valence-corrected chi connectivity index (χ4v) is 2.99. The Kier molecular flexibility index (Phi) is 5.96. The Hall–Kier alpha value is -2.11. The third kappa shape index (κ3) is 4.43. The molecule has 3 N–H and O–H groups in total. The van der Waals surface area contributed by atoms with Gasteiger partial charge < -0.3 is 15.4 Å². The molecule has 23 heavy (non-hydrogen) atoms. The van der Waals surface area contributed by atoms with Crippen molar-refractivity contribution in [2.45, 2.75) is 51.9 Å². The van der Waals surface area contributed by atoms with Gasteiger partial charge in [0.25, 0.3) is 11.5 Å². The van der Waals surface area contributed by atoms with Gasteiger partial charge in [0.1, 0.15) is 5.56 Å². The lowest BCUT2D eigenvalue weighted by Gasteiger charge is -2.13. The van der Waals surface area contributed by atoms with Crippen molar-refractivity contribution >= 4 is 11.9 Å². The molecule has 1 aliphatic carbocycles. The van der Waals surface area contributed by atoms with Gasteiger partial charge >= 0.3 is 5.97 Å². The van der Waals surface area contributed by atoms with Gasteiger partial charge in [0.2, 0.25) is 0 Å². The van der Waals surface area contributed by atoms with Gasteiger partial charge in [-0.2, -0.15) is 0 Å². The van der Waals surface area contributed by atoms with E-state index >= 15 is 0 Å². The predicted octanol–water partition coefficient (Wildman–Crippen LogP) is 1.87. The number of aliphatic carboxylic acids is 1. The highest BCUT2D eigenvalue weighted by molar-refractivity contribution is 5.94. The third-order valence-corrected chi connectivity index (χ3v) is 4.33. The summed E-state index contributed by atoms with van der Waals surface area (Å²) in [6.07, 6.45) is 6.14. The molecule has 6 heteroatoms. The van der Waals surface area contributed by atoms with E-state index in [2.05, 4.69) is 10.3 Å². The zero-order valence-corrected chi connectivity index (χ0v) is 13.5. The SMILES string of the molecule is CCCC(CNC(=O)c1cc2c([nH]c1=O)CCCCC2)C(=O)O. The van der Waals surface area contributed by atoms with E-state index in [0.717, 1.165) is 49.8 Å². The monoisotopic (exact) mass is 320 g/mol. The van der Waals surface area contributed by atoms with Crippen LogP contribution in [0, 0.1) is 5.92 Å². The van der Waals surface area contributed by atoms with Crippen LogP contribution in [0.25, 0.3) is 0 Å². The normalized spacial score (nSPS) is 15.3. The van der Waals surface area contributed by atoms with Gasteiger partial charge in [-0.25, -0.2) is 0 Å². The summed E-state index contributed by atoms with van der Waals surface area (Å²) in [6.45, 7) is 1.94. The zero-order chi connectivity index (χ0) is 16.8. The fraction of sp³-hybridized carbons (Fsp3) is 0.588. The molecule has 2 rings (SSSR count). The Labute approximate surface area is 135 Å². The van der Waals surface area contributed by atoms with Crippen molar-refractivity contribution in [2.24, 2.45) is 5.92 Å². The molecule has 0 bridgehead atoms. The number of carboxylic acid groups (broad SMARTS) is 1. The number of rotatable bonds is 6. The number of carboxylic acids is 1. The molecule has 1 atom stereocenters. The minimum Gasteiger partial charge on any atom is -0.481 e. The van der Waals surface area contributed by atoms with E-state index in [1.807, 2.05) is 6.92 Å². The van der Waals surface area contributed by atoms with Crippen LogP contribution in [0.1, 0.15) is 60.6 Å². The number of hydrogen-bond acceptors (Lipinski definition) is 3. The molecule has 1 aromatic heterocycles. The highest BCUT2D eigenvalue weighted by Crippen LogP contribution is 2.18. The summed E-state index contributed by atoms with van der Waals surface area (Å²) < 4.78 is 0. The minimum absolute atomic E-state index is 0.0402. The largest absolute Gasteiger partial charge is 0.481 e. The molecule has 6 nitrogen and oxygen atoms in total. The van der Waals surface area contributed by atoms with Crippen LogP contribution in [0.4, 0.5) is 0 Å². The Morgan fingerprint density at radius 3 is 2.74 bits per heavy atom. The van der Waals surface area contributed by atoms with Crippen molar-refractivity contribution in [1.82, 2.24) is 10.3 Å². The van der Waals surface area contributed by atoms with E-state index in [4.69, 9.17) is 5.11 Å². The van der Waals surface area contributed by atoms with Crippen LogP contribution in [0.15, 0.2) is 10.9 Å². The molecule has 1 aliphatic rings. The summed E-state index contributed by atoms with van der Waals surface area (Å²) in [7, 11) is 0. The summed E-state index contributed by atoms with van der Waals surface area (Å²) in [4.78, 5) is 38.3. The van der Waals surface area contributed by atoms with Gasteiger partial charge in [-0.15, -0.1) is 0 Å². The molecule has 0 spiro atoms. The van der Waals surface area contributed by atoms with Crippen LogP contribution in [0.3, 0.4) is 0 Å². The van der Waals surface area contributed by atoms with E-state index in [0.29, 0.717) is 6.42 Å². The van der Waals surface area contributed by atoms with Gasteiger partial charge in [-0.1, -0.05) is 19.8 Å². The summed E-state index contributed by atoms with van der Waals surface area (Å²) in [5.41, 5.74) is 1.63. The topological polar surface area (TPSA) is 99.3 Å². The third-order valence-electron chi connectivity index (χ3n) is 4.33. The number of aromatic nitrogens is 1. The van der Waals surface area contributed by atoms with Gasteiger partial charge in [-0.3, -0.25) is 14.4 Å². The first-order valence-corrected chi connectivity index (χ1v) is 8.29. The first-order chi connectivity index (χ1) is 11.0. The second-order valence-electron chi connectivity index (χ2n) is 6.11. The van der Waals surface area contributed by atoms with Gasteiger partial charge in [-0.05, 0) is 43.7 Å². The number of nitrogens with one attached hydrogen (secondary N) is 2. The van der Waals surface area contributed by atoms with Crippen LogP contribution in [-0.2, 0) is 17.6 Å². The average molecular weight is 320 g/mol. The molecule has 1 amide bonds. The molecule has 0 radical (unpaired) electrons. The van der Waals surface area contributed by atoms with Crippen LogP contribution in [0.5, 0.6) is 0 Å². The fourth-order valence-electron chi connectivity index (χ4n) is 2.99. The van der Waals surface area contributed by atoms with Gasteiger partial charge in [0.05, 0.1) is 5.92 Å². The van der Waals surface area contributed by atoms with Gasteiger partial charge in [0.15, 0.2) is 0 Å². The lowest BCUT2D eigenvalue weighted by molar-refractivity contribution is -0.141. The number of hydrogen-bond donors (Lipinski definition) is 3. The number of pyridine rings is 1. The smallest absolute Gasteiger partial charge is 0.308 e. The summed E-state index contributed by atoms with van der Waals surface area (Å²) in [5.74, 6) is -2.05. The molecule has 0 fully saturated rings. The highest BCUT2D eigenvalue weighted by Gasteiger charge is 2.20. The van der Waals surface area contributed by atoms with Crippen molar-refractivity contribution in [1.29, 1.82) is 0 Å². The maximum Gasteiger partial charge on any atom is 0.308 e. The Balaban J connectivity index is 2.11. The second-order valence-corrected chi connectivity index (χ2v) is 6.11. The second kappa shape index (κ2) is 7.94. The lowest BCUT2D eigenvalue weighted by Crippen LogP contribution is -2.36. The molecule has 0 saturated heterocycles. The zero-order valence-electron chi connectivity index (χ0n) is 13.5. The van der Waals surface area contributed by atoms with Crippen LogP contribution in [-0.4, -0.2) is 28.5 Å². The molecule has 0 aromatic carbocycles. The number of carbonyl (C=O) groups excluding carboxylic acids is 1. The molecule has 0 saturated carbocycles. The van der Waals surface area contributed by atoms with Crippen LogP contribution in [0.2, 0.25) is 0 Å². The predicted molar refractivity (Wildman–Crippen MR) is 86.7 cm³/mol. The summed E-state index contributed by atoms with van der Waals surface area (Å²) >= 11 is 0. The molecule has 126 valence electrons.